The van der Waals surface area contributed by atoms with Crippen LogP contribution in [0.4, 0.5) is 5.69 Å². The smallest absolute Gasteiger partial charge is 0.326 e. The highest BCUT2D eigenvalue weighted by molar-refractivity contribution is 6.01. The number of aliphatic carboxylic acids is 1. The Morgan fingerprint density at radius 3 is 2.67 bits per heavy atom. The predicted molar refractivity (Wildman–Crippen MR) is 104 cm³/mol. The van der Waals surface area contributed by atoms with Gasteiger partial charge in [-0.3, -0.25) is 4.79 Å². The van der Waals surface area contributed by atoms with E-state index in [1.54, 1.807) is 11.0 Å². The molecule has 3 atom stereocenters. The molecule has 0 spiro atoms. The molecule has 142 valence electrons. The Bertz CT molecular complexity index is 895. The van der Waals surface area contributed by atoms with E-state index in [2.05, 4.69) is 4.98 Å². The summed E-state index contributed by atoms with van der Waals surface area (Å²) < 4.78 is 0. The molecule has 1 aliphatic carbocycles. The molecular formula is C21H25N3O3. The maximum Gasteiger partial charge on any atom is 0.326 e. The number of carboxylic acid groups (broad SMARTS) is 1. The van der Waals surface area contributed by atoms with Crippen LogP contribution in [0.5, 0.6) is 0 Å². The van der Waals surface area contributed by atoms with Crippen LogP contribution < -0.4 is 4.90 Å². The van der Waals surface area contributed by atoms with Crippen molar-refractivity contribution in [3.63, 3.8) is 0 Å². The minimum absolute atomic E-state index is 0.0171. The van der Waals surface area contributed by atoms with Crippen LogP contribution in [0.15, 0.2) is 30.3 Å². The molecule has 3 unspecified atom stereocenters. The van der Waals surface area contributed by atoms with Crippen molar-refractivity contribution < 1.29 is 14.7 Å². The number of carboxylic acids is 1. The van der Waals surface area contributed by atoms with E-state index in [1.165, 1.54) is 0 Å². The number of aromatic nitrogens is 1. The number of pyridine rings is 1. The Hall–Kier alpha value is -2.63. The summed E-state index contributed by atoms with van der Waals surface area (Å²) in [6.45, 7) is 0. The molecule has 1 amide bonds. The Labute approximate surface area is 158 Å². The number of anilines is 1. The van der Waals surface area contributed by atoms with Crippen LogP contribution in [0.3, 0.4) is 0 Å². The van der Waals surface area contributed by atoms with Crippen LogP contribution in [-0.4, -0.2) is 53.0 Å². The Kier molecular flexibility index (Phi) is 4.50. The van der Waals surface area contributed by atoms with Crippen molar-refractivity contribution in [2.24, 2.45) is 5.92 Å². The third-order valence-electron chi connectivity index (χ3n) is 6.00. The topological polar surface area (TPSA) is 73.7 Å². The molecule has 0 bridgehead atoms. The van der Waals surface area contributed by atoms with Crippen LogP contribution in [0, 0.1) is 5.92 Å². The molecule has 2 fully saturated rings. The van der Waals surface area contributed by atoms with Gasteiger partial charge in [-0.2, -0.15) is 0 Å². The molecule has 0 radical (unpaired) electrons. The van der Waals surface area contributed by atoms with Crippen molar-refractivity contribution in [2.45, 2.75) is 44.2 Å². The number of hydrogen-bond donors (Lipinski definition) is 1. The first-order valence-corrected chi connectivity index (χ1v) is 9.60. The minimum Gasteiger partial charge on any atom is -0.480 e. The van der Waals surface area contributed by atoms with Crippen LogP contribution in [0.1, 0.15) is 42.6 Å². The van der Waals surface area contributed by atoms with Gasteiger partial charge in [-0.05, 0) is 37.3 Å². The summed E-state index contributed by atoms with van der Waals surface area (Å²) in [5, 5.41) is 10.7. The lowest BCUT2D eigenvalue weighted by atomic mass is 9.84. The Morgan fingerprint density at radius 2 is 1.93 bits per heavy atom. The molecule has 1 N–H and O–H groups in total. The van der Waals surface area contributed by atoms with E-state index in [0.29, 0.717) is 12.1 Å². The number of benzene rings is 1. The summed E-state index contributed by atoms with van der Waals surface area (Å²) in [5.41, 5.74) is 1.99. The van der Waals surface area contributed by atoms with E-state index < -0.39 is 12.0 Å². The standard InChI is InChI=1S/C21H25N3O3/c1-23(2)18-12-16(22-15-9-5-4-8-14(15)18)20(25)24-17-10-6-3-7-13(17)11-19(24)21(26)27/h4-5,8-9,12-13,17,19H,3,6-7,10-11H2,1-2H3,(H,26,27). The number of amides is 1. The van der Waals surface area contributed by atoms with Gasteiger partial charge in [0.25, 0.3) is 5.91 Å². The maximum absolute atomic E-state index is 13.4. The highest BCUT2D eigenvalue weighted by Gasteiger charge is 2.48. The van der Waals surface area contributed by atoms with E-state index in [-0.39, 0.29) is 17.9 Å². The number of likely N-dealkylation sites (tertiary alicyclic amines) is 1. The third-order valence-corrected chi connectivity index (χ3v) is 6.00. The van der Waals surface area contributed by atoms with Crippen molar-refractivity contribution in [3.05, 3.63) is 36.0 Å². The van der Waals surface area contributed by atoms with Gasteiger partial charge in [0.05, 0.1) is 5.52 Å². The monoisotopic (exact) mass is 367 g/mol. The highest BCUT2D eigenvalue weighted by Crippen LogP contribution is 2.40. The first kappa shape index (κ1) is 17.8. The van der Waals surface area contributed by atoms with Crippen LogP contribution in [-0.2, 0) is 4.79 Å². The molecule has 1 saturated heterocycles. The number of rotatable bonds is 3. The average molecular weight is 367 g/mol. The number of carbonyl (C=O) groups is 2. The maximum atomic E-state index is 13.4. The second-order valence-electron chi connectivity index (χ2n) is 7.85. The average Bonchev–Trinajstić information content (AvgIpc) is 3.06. The first-order valence-electron chi connectivity index (χ1n) is 9.60. The zero-order valence-corrected chi connectivity index (χ0v) is 15.8. The number of para-hydroxylation sites is 1. The van der Waals surface area contributed by atoms with Gasteiger partial charge in [0.1, 0.15) is 11.7 Å². The van der Waals surface area contributed by atoms with E-state index in [4.69, 9.17) is 0 Å². The summed E-state index contributed by atoms with van der Waals surface area (Å²) in [5.74, 6) is -0.880. The van der Waals surface area contributed by atoms with Gasteiger partial charge in [-0.25, -0.2) is 9.78 Å². The molecule has 2 aromatic rings. The molecular weight excluding hydrogens is 342 g/mol. The second kappa shape index (κ2) is 6.83. The number of carbonyl (C=O) groups excluding carboxylic acids is 1. The van der Waals surface area contributed by atoms with E-state index in [9.17, 15) is 14.7 Å². The molecule has 4 rings (SSSR count). The summed E-state index contributed by atoms with van der Waals surface area (Å²) in [6.07, 6.45) is 4.61. The van der Waals surface area contributed by atoms with E-state index >= 15 is 0 Å². The van der Waals surface area contributed by atoms with Crippen molar-refractivity contribution in [2.75, 3.05) is 19.0 Å². The number of hydrogen-bond acceptors (Lipinski definition) is 4. The quantitative estimate of drug-likeness (QED) is 0.902. The van der Waals surface area contributed by atoms with Gasteiger partial charge < -0.3 is 14.9 Å². The van der Waals surface area contributed by atoms with Crippen LogP contribution >= 0.6 is 0 Å². The minimum atomic E-state index is -0.911. The van der Waals surface area contributed by atoms with Gasteiger partial charge in [-0.15, -0.1) is 0 Å². The Balaban J connectivity index is 1.78. The zero-order valence-electron chi connectivity index (χ0n) is 15.8. The lowest BCUT2D eigenvalue weighted by molar-refractivity contribution is -0.141. The summed E-state index contributed by atoms with van der Waals surface area (Å²) in [7, 11) is 3.87. The molecule has 1 saturated carbocycles. The largest absolute Gasteiger partial charge is 0.480 e. The summed E-state index contributed by atoms with van der Waals surface area (Å²) in [4.78, 5) is 33.4. The van der Waals surface area contributed by atoms with Gasteiger partial charge >= 0.3 is 5.97 Å². The van der Waals surface area contributed by atoms with E-state index in [1.807, 2.05) is 43.3 Å². The fourth-order valence-electron chi connectivity index (χ4n) is 4.74. The molecule has 6 nitrogen and oxygen atoms in total. The molecule has 6 heteroatoms. The van der Waals surface area contributed by atoms with Gasteiger partial charge in [0, 0.05) is 31.2 Å². The molecule has 1 aromatic heterocycles. The van der Waals surface area contributed by atoms with Crippen LogP contribution in [0.25, 0.3) is 10.9 Å². The van der Waals surface area contributed by atoms with Crippen molar-refractivity contribution in [1.29, 1.82) is 0 Å². The van der Waals surface area contributed by atoms with E-state index in [0.717, 1.165) is 42.3 Å². The summed E-state index contributed by atoms with van der Waals surface area (Å²) >= 11 is 0. The molecule has 1 aliphatic heterocycles. The van der Waals surface area contributed by atoms with Crippen molar-refractivity contribution in [3.8, 4) is 0 Å². The zero-order chi connectivity index (χ0) is 19.1. The van der Waals surface area contributed by atoms with Crippen LogP contribution in [0.2, 0.25) is 0 Å². The molecule has 2 aliphatic rings. The highest BCUT2D eigenvalue weighted by atomic mass is 16.4. The van der Waals surface area contributed by atoms with Gasteiger partial charge in [0.2, 0.25) is 0 Å². The van der Waals surface area contributed by atoms with Gasteiger partial charge in [-0.1, -0.05) is 31.0 Å². The summed E-state index contributed by atoms with van der Waals surface area (Å²) in [6, 6.07) is 8.78. The predicted octanol–water partition coefficient (Wildman–Crippen LogP) is 3.16. The second-order valence-corrected chi connectivity index (χ2v) is 7.85. The van der Waals surface area contributed by atoms with Crippen molar-refractivity contribution in [1.82, 2.24) is 9.88 Å². The Morgan fingerprint density at radius 1 is 1.19 bits per heavy atom. The fourth-order valence-corrected chi connectivity index (χ4v) is 4.74. The lowest BCUT2D eigenvalue weighted by Crippen LogP contribution is -2.46. The normalized spacial score (nSPS) is 24.7. The fraction of sp³-hybridized carbons (Fsp3) is 0.476. The van der Waals surface area contributed by atoms with Crippen molar-refractivity contribution >= 4 is 28.5 Å². The SMILES string of the molecule is CN(C)c1cc(C(=O)N2C(C(=O)O)CC3CCCCC32)nc2ccccc12. The number of nitrogens with zero attached hydrogens (tertiary/aromatic N) is 3. The molecule has 1 aromatic carbocycles. The van der Waals surface area contributed by atoms with Gasteiger partial charge in [0.15, 0.2) is 0 Å². The number of fused-ring (bicyclic) bond motifs is 2. The molecule has 27 heavy (non-hydrogen) atoms. The third kappa shape index (κ3) is 3.03. The first-order chi connectivity index (χ1) is 13.0. The lowest BCUT2D eigenvalue weighted by Gasteiger charge is -2.33. The molecule has 2 heterocycles.